The number of hydrogen-bond donors (Lipinski definition) is 0. The van der Waals surface area contributed by atoms with Crippen molar-refractivity contribution in [2.24, 2.45) is 0 Å². The van der Waals surface area contributed by atoms with Crippen LogP contribution in [-0.4, -0.2) is 33.3 Å². The molecule has 0 aliphatic rings. The second-order valence-corrected chi connectivity index (χ2v) is 5.26. The van der Waals surface area contributed by atoms with Crippen LogP contribution in [0.3, 0.4) is 0 Å². The lowest BCUT2D eigenvalue weighted by atomic mass is 10.3. The molecule has 0 rings (SSSR count). The van der Waals surface area contributed by atoms with E-state index in [1.54, 1.807) is 0 Å². The fourth-order valence-corrected chi connectivity index (χ4v) is 1.41. The first-order valence-electron chi connectivity index (χ1n) is 3.02. The monoisotopic (exact) mass is 316 g/mol. The fourth-order valence-electron chi connectivity index (χ4n) is 0.476. The first kappa shape index (κ1) is 16.3. The quantitative estimate of drug-likeness (QED) is 0.581. The molecule has 17 heavy (non-hydrogen) atoms. The van der Waals surface area contributed by atoms with E-state index in [0.717, 1.165) is 0 Å². The minimum atomic E-state index is -7.60. The third-order valence-electron chi connectivity index (χ3n) is 1.34. The highest BCUT2D eigenvalue weighted by atomic mass is 32.3. The van der Waals surface area contributed by atoms with Crippen LogP contribution in [0.2, 0.25) is 0 Å². The van der Waals surface area contributed by atoms with Gasteiger partial charge in [-0.2, -0.15) is 43.2 Å². The average molecular weight is 316 g/mol. The molecule has 0 fully saturated rings. The van der Waals surface area contributed by atoms with Gasteiger partial charge >= 0.3 is 36.9 Å². The highest BCUT2D eigenvalue weighted by Crippen LogP contribution is 2.51. The van der Waals surface area contributed by atoms with Gasteiger partial charge in [-0.05, 0) is 0 Å². The van der Waals surface area contributed by atoms with Crippen molar-refractivity contribution in [3.8, 4) is 0 Å². The van der Waals surface area contributed by atoms with Crippen molar-refractivity contribution < 1.29 is 50.9 Å². The van der Waals surface area contributed by atoms with Crippen molar-refractivity contribution >= 4 is 20.4 Å². The van der Waals surface area contributed by atoms with Crippen LogP contribution in [0.1, 0.15) is 0 Å². The summed E-state index contributed by atoms with van der Waals surface area (Å²) in [6.45, 7) is 0. The van der Waals surface area contributed by atoms with Crippen LogP contribution in [0, 0.1) is 0 Å². The summed E-state index contributed by atoms with van der Waals surface area (Å²) in [6.07, 6.45) is 0. The molecule has 0 spiro atoms. The molecule has 0 heterocycles. The number of alkyl halides is 6. The van der Waals surface area contributed by atoms with E-state index in [2.05, 4.69) is 0 Å². The Kier molecular flexibility index (Phi) is 3.52. The summed E-state index contributed by atoms with van der Waals surface area (Å²) >= 11 is 0. The zero-order chi connectivity index (χ0) is 14.5. The van der Waals surface area contributed by atoms with Gasteiger partial charge in [-0.25, -0.2) is 0 Å². The number of halogens is 8. The van der Waals surface area contributed by atoms with Gasteiger partial charge in [0.1, 0.15) is 0 Å². The maximum atomic E-state index is 12.2. The van der Waals surface area contributed by atoms with Crippen LogP contribution in [0.25, 0.3) is 0 Å². The van der Waals surface area contributed by atoms with Crippen molar-refractivity contribution in [3.05, 3.63) is 0 Å². The SMILES string of the molecule is O=S(=O)(F)C(F)(F)C(F)(F)C(F)(F)S(=O)(=O)F. The van der Waals surface area contributed by atoms with Crippen LogP contribution in [-0.2, 0) is 20.4 Å². The highest BCUT2D eigenvalue weighted by molar-refractivity contribution is 7.88. The maximum Gasteiger partial charge on any atom is 0.443 e. The maximum absolute atomic E-state index is 12.2. The van der Waals surface area contributed by atoms with Crippen molar-refractivity contribution in [1.29, 1.82) is 0 Å². The lowest BCUT2D eigenvalue weighted by Gasteiger charge is -2.27. The van der Waals surface area contributed by atoms with Crippen LogP contribution in [0.5, 0.6) is 0 Å². The molecular formula is C3F8O4S2. The van der Waals surface area contributed by atoms with Gasteiger partial charge in [0.15, 0.2) is 0 Å². The minimum Gasteiger partial charge on any atom is -0.190 e. The van der Waals surface area contributed by atoms with Crippen LogP contribution < -0.4 is 0 Å². The van der Waals surface area contributed by atoms with Gasteiger partial charge in [-0.3, -0.25) is 0 Å². The molecule has 0 bridgehead atoms. The lowest BCUT2D eigenvalue weighted by molar-refractivity contribution is -0.246. The Bertz CT molecular complexity index is 457. The van der Waals surface area contributed by atoms with Gasteiger partial charge in [0.25, 0.3) is 0 Å². The van der Waals surface area contributed by atoms with Crippen molar-refractivity contribution in [1.82, 2.24) is 0 Å². The van der Waals surface area contributed by atoms with Crippen LogP contribution in [0.15, 0.2) is 0 Å². The highest BCUT2D eigenvalue weighted by Gasteiger charge is 2.83. The molecule has 0 radical (unpaired) electrons. The van der Waals surface area contributed by atoms with Crippen LogP contribution >= 0.6 is 0 Å². The van der Waals surface area contributed by atoms with Gasteiger partial charge in [0.2, 0.25) is 0 Å². The molecule has 0 aliphatic carbocycles. The fraction of sp³-hybridized carbons (Fsp3) is 1.00. The molecule has 0 aromatic rings. The molecule has 104 valence electrons. The van der Waals surface area contributed by atoms with Gasteiger partial charge in [0, 0.05) is 0 Å². The van der Waals surface area contributed by atoms with E-state index in [-0.39, 0.29) is 0 Å². The lowest BCUT2D eigenvalue weighted by Crippen LogP contribution is -2.59. The van der Waals surface area contributed by atoms with Crippen molar-refractivity contribution in [3.63, 3.8) is 0 Å². The Morgan fingerprint density at radius 2 is 0.765 bits per heavy atom. The first-order chi connectivity index (χ1) is 7.00. The predicted molar refractivity (Wildman–Crippen MR) is 34.9 cm³/mol. The minimum absolute atomic E-state index is 7.12. The van der Waals surface area contributed by atoms with E-state index in [1.165, 1.54) is 0 Å². The van der Waals surface area contributed by atoms with Crippen molar-refractivity contribution in [2.45, 2.75) is 16.4 Å². The molecule has 4 nitrogen and oxygen atoms in total. The van der Waals surface area contributed by atoms with E-state index in [4.69, 9.17) is 0 Å². The van der Waals surface area contributed by atoms with Crippen molar-refractivity contribution in [2.75, 3.05) is 0 Å². The van der Waals surface area contributed by atoms with E-state index in [1.807, 2.05) is 0 Å². The number of hydrogen-bond acceptors (Lipinski definition) is 4. The zero-order valence-corrected chi connectivity index (χ0v) is 8.61. The molecule has 14 heteroatoms. The third kappa shape index (κ3) is 2.19. The largest absolute Gasteiger partial charge is 0.443 e. The Morgan fingerprint density at radius 1 is 0.588 bits per heavy atom. The van der Waals surface area contributed by atoms with E-state index < -0.39 is 36.9 Å². The Hall–Kier alpha value is -0.660. The summed E-state index contributed by atoms with van der Waals surface area (Å²) in [4.78, 5) is 0. The van der Waals surface area contributed by atoms with Gasteiger partial charge in [-0.1, -0.05) is 7.77 Å². The third-order valence-corrected chi connectivity index (χ3v) is 3.08. The molecule has 0 atom stereocenters. The summed E-state index contributed by atoms with van der Waals surface area (Å²) in [5, 5.41) is -14.2. The Morgan fingerprint density at radius 3 is 0.882 bits per heavy atom. The van der Waals surface area contributed by atoms with Gasteiger partial charge in [0.05, 0.1) is 0 Å². The topological polar surface area (TPSA) is 68.3 Å². The molecular weight excluding hydrogens is 316 g/mol. The summed E-state index contributed by atoms with van der Waals surface area (Å²) in [6, 6.07) is 0. The first-order valence-corrected chi connectivity index (χ1v) is 5.78. The van der Waals surface area contributed by atoms with Gasteiger partial charge < -0.3 is 0 Å². The van der Waals surface area contributed by atoms with E-state index in [0.29, 0.717) is 0 Å². The second-order valence-electron chi connectivity index (χ2n) is 2.48. The molecule has 0 unspecified atom stereocenters. The molecule has 0 aliphatic heterocycles. The molecule has 0 saturated heterocycles. The molecule has 0 amide bonds. The Labute approximate surface area is 88.6 Å². The molecule has 0 saturated carbocycles. The van der Waals surface area contributed by atoms with E-state index >= 15 is 0 Å². The summed E-state index contributed by atoms with van der Waals surface area (Å²) < 4.78 is 134. The normalized spacial score (nSPS) is 16.0. The van der Waals surface area contributed by atoms with Gasteiger partial charge in [-0.15, -0.1) is 0 Å². The number of rotatable bonds is 4. The zero-order valence-electron chi connectivity index (χ0n) is 6.97. The summed E-state index contributed by atoms with van der Waals surface area (Å²) in [7, 11) is -15.2. The predicted octanol–water partition coefficient (Wildman–Crippen LogP) is 1.41. The summed E-state index contributed by atoms with van der Waals surface area (Å²) in [5.74, 6) is -7.33. The van der Waals surface area contributed by atoms with E-state index in [9.17, 15) is 50.9 Å². The standard InChI is InChI=1S/C3F8O4S2/c4-1(5,2(6,7)16(10,12)13)3(8,9)17(11,14)15. The molecule has 0 N–H and O–H groups in total. The smallest absolute Gasteiger partial charge is 0.190 e. The molecule has 0 aromatic carbocycles. The Balaban J connectivity index is 6.10. The molecule has 0 aromatic heterocycles. The average Bonchev–Trinajstić information content (AvgIpc) is 1.98. The summed E-state index contributed by atoms with van der Waals surface area (Å²) in [5.41, 5.74) is 0. The van der Waals surface area contributed by atoms with Crippen LogP contribution in [0.4, 0.5) is 34.1 Å². The second kappa shape index (κ2) is 3.66.